The van der Waals surface area contributed by atoms with E-state index in [0.717, 1.165) is 6.07 Å². The van der Waals surface area contributed by atoms with E-state index in [1.807, 2.05) is 6.92 Å². The molecule has 1 fully saturated rings. The Morgan fingerprint density at radius 2 is 1.92 bits per heavy atom. The summed E-state index contributed by atoms with van der Waals surface area (Å²) in [6.45, 7) is 5.96. The van der Waals surface area contributed by atoms with Crippen LogP contribution in [-0.2, 0) is 6.18 Å². The second-order valence-electron chi connectivity index (χ2n) is 8.74. The number of carbonyl (C=O) groups is 2. The number of fused-ring (bicyclic) bond motifs is 1. The average molecular weight is 533 g/mol. The molecule has 1 aliphatic carbocycles. The number of ether oxygens (including phenoxy) is 1. The van der Waals surface area contributed by atoms with Gasteiger partial charge in [0.25, 0.3) is 5.91 Å². The highest BCUT2D eigenvalue weighted by Crippen LogP contribution is 2.37. The van der Waals surface area contributed by atoms with Crippen LogP contribution in [0.5, 0.6) is 5.75 Å². The quantitative estimate of drug-likeness (QED) is 0.324. The smallest absolute Gasteiger partial charge is 0.433 e. The second kappa shape index (κ2) is 10.7. The Balaban J connectivity index is 1.63. The van der Waals surface area contributed by atoms with Gasteiger partial charge in [-0.15, -0.1) is 6.58 Å². The minimum absolute atomic E-state index is 0.0268. The Hall–Kier alpha value is -4.13. The second-order valence-corrected chi connectivity index (χ2v) is 8.74. The van der Waals surface area contributed by atoms with E-state index in [-0.39, 0.29) is 52.1 Å². The van der Waals surface area contributed by atoms with E-state index in [2.05, 4.69) is 32.5 Å². The summed E-state index contributed by atoms with van der Waals surface area (Å²) in [5.41, 5.74) is 5.19. The SMILES string of the molecule is C=C[C@H](N)c1oc(-c2ccc(OC)c3nc(C(F)(F)F)ccc23)nc1C(=O)NC1CC(NC(=O)NCC)C1. The summed E-state index contributed by atoms with van der Waals surface area (Å²) >= 11 is 0. The summed E-state index contributed by atoms with van der Waals surface area (Å²) in [6, 6.07) is 3.67. The minimum atomic E-state index is -4.65. The fourth-order valence-electron chi connectivity index (χ4n) is 4.15. The van der Waals surface area contributed by atoms with E-state index in [4.69, 9.17) is 14.9 Å². The maximum Gasteiger partial charge on any atom is 0.433 e. The molecule has 0 aliphatic heterocycles. The molecule has 5 N–H and O–H groups in total. The first-order valence-electron chi connectivity index (χ1n) is 11.8. The molecule has 0 unspecified atom stereocenters. The predicted octanol–water partition coefficient (Wildman–Crippen LogP) is 3.68. The number of halogens is 3. The van der Waals surface area contributed by atoms with Crippen LogP contribution in [0.3, 0.4) is 0 Å². The van der Waals surface area contributed by atoms with E-state index in [1.54, 1.807) is 6.07 Å². The molecule has 1 aliphatic rings. The van der Waals surface area contributed by atoms with E-state index in [0.29, 0.717) is 24.9 Å². The minimum Gasteiger partial charge on any atom is -0.494 e. The molecule has 1 aromatic carbocycles. The lowest BCUT2D eigenvalue weighted by molar-refractivity contribution is -0.140. The number of nitrogens with zero attached hydrogens (tertiary/aromatic N) is 2. The molecule has 0 bridgehead atoms. The maximum atomic E-state index is 13.3. The predicted molar refractivity (Wildman–Crippen MR) is 132 cm³/mol. The highest BCUT2D eigenvalue weighted by Gasteiger charge is 2.35. The highest BCUT2D eigenvalue weighted by molar-refractivity contribution is 5.98. The lowest BCUT2D eigenvalue weighted by Gasteiger charge is -2.36. The van der Waals surface area contributed by atoms with Crippen molar-refractivity contribution in [3.63, 3.8) is 0 Å². The number of aromatic nitrogens is 2. The summed E-state index contributed by atoms with van der Waals surface area (Å²) in [7, 11) is 1.32. The number of nitrogens with two attached hydrogens (primary N) is 1. The van der Waals surface area contributed by atoms with Gasteiger partial charge < -0.3 is 30.8 Å². The van der Waals surface area contributed by atoms with Crippen molar-refractivity contribution >= 4 is 22.8 Å². The number of rotatable bonds is 8. The molecule has 13 heteroatoms. The Morgan fingerprint density at radius 1 is 1.21 bits per heavy atom. The van der Waals surface area contributed by atoms with Gasteiger partial charge in [-0.2, -0.15) is 13.2 Å². The average Bonchev–Trinajstić information content (AvgIpc) is 3.31. The number of hydrogen-bond acceptors (Lipinski definition) is 7. The monoisotopic (exact) mass is 532 g/mol. The van der Waals surface area contributed by atoms with E-state index in [9.17, 15) is 22.8 Å². The van der Waals surface area contributed by atoms with Gasteiger partial charge >= 0.3 is 12.2 Å². The molecule has 3 aromatic rings. The molecule has 0 saturated heterocycles. The van der Waals surface area contributed by atoms with Crippen molar-refractivity contribution in [2.45, 2.75) is 44.1 Å². The van der Waals surface area contributed by atoms with Crippen LogP contribution in [0.4, 0.5) is 18.0 Å². The van der Waals surface area contributed by atoms with Gasteiger partial charge in [0, 0.05) is 29.6 Å². The zero-order valence-electron chi connectivity index (χ0n) is 20.7. The Morgan fingerprint density at radius 3 is 2.55 bits per heavy atom. The number of oxazole rings is 1. The first kappa shape index (κ1) is 26.9. The van der Waals surface area contributed by atoms with Gasteiger partial charge in [0.05, 0.1) is 13.2 Å². The molecular weight excluding hydrogens is 505 g/mol. The molecule has 4 rings (SSSR count). The number of methoxy groups -OCH3 is 1. The summed E-state index contributed by atoms with van der Waals surface area (Å²) in [5.74, 6) is -0.388. The van der Waals surface area contributed by atoms with Gasteiger partial charge in [-0.1, -0.05) is 6.08 Å². The molecule has 0 radical (unpaired) electrons. The van der Waals surface area contributed by atoms with Crippen molar-refractivity contribution < 1.29 is 31.9 Å². The zero-order chi connectivity index (χ0) is 27.6. The normalized spacial score (nSPS) is 17.8. The topological polar surface area (TPSA) is 144 Å². The van der Waals surface area contributed by atoms with Gasteiger partial charge in [0.2, 0.25) is 5.89 Å². The van der Waals surface area contributed by atoms with Crippen molar-refractivity contribution in [2.24, 2.45) is 5.73 Å². The molecule has 2 aromatic heterocycles. The van der Waals surface area contributed by atoms with Crippen LogP contribution >= 0.6 is 0 Å². The summed E-state index contributed by atoms with van der Waals surface area (Å²) < 4.78 is 50.9. The fraction of sp³-hybridized carbons (Fsp3) is 0.360. The van der Waals surface area contributed by atoms with Gasteiger partial charge in [0.15, 0.2) is 11.5 Å². The first-order chi connectivity index (χ1) is 18.0. The van der Waals surface area contributed by atoms with Crippen LogP contribution in [0.2, 0.25) is 0 Å². The molecule has 0 spiro atoms. The fourth-order valence-corrected chi connectivity index (χ4v) is 4.15. The Bertz CT molecular complexity index is 1370. The van der Waals surface area contributed by atoms with Crippen molar-refractivity contribution in [1.82, 2.24) is 25.9 Å². The molecule has 3 amide bonds. The molecular formula is C25H27F3N6O4. The van der Waals surface area contributed by atoms with Gasteiger partial charge in [-0.3, -0.25) is 4.79 Å². The lowest BCUT2D eigenvalue weighted by Crippen LogP contribution is -2.55. The standard InChI is InChI=1S/C25H27F3N6O4/c1-4-16(29)21-20(22(35)31-12-10-13(11-12)32-24(36)30-5-2)34-23(38-21)15-6-8-17(37-3)19-14(15)7-9-18(33-19)25(26,27)28/h4,6-9,12-13,16H,1,5,10-11,29H2,2-3H3,(H,31,35)(H2,30,32,36)/t12?,13?,16-/m0/s1. The molecule has 202 valence electrons. The first-order valence-corrected chi connectivity index (χ1v) is 11.8. The maximum absolute atomic E-state index is 13.3. The van der Waals surface area contributed by atoms with Crippen molar-refractivity contribution in [1.29, 1.82) is 0 Å². The third kappa shape index (κ3) is 5.42. The van der Waals surface area contributed by atoms with E-state index < -0.39 is 23.8 Å². The van der Waals surface area contributed by atoms with Crippen molar-refractivity contribution in [3.8, 4) is 17.2 Å². The van der Waals surface area contributed by atoms with Gasteiger partial charge in [-0.05, 0) is 44.0 Å². The van der Waals surface area contributed by atoms with E-state index in [1.165, 1.54) is 25.3 Å². The van der Waals surface area contributed by atoms with E-state index >= 15 is 0 Å². The van der Waals surface area contributed by atoms with Gasteiger partial charge in [-0.25, -0.2) is 14.8 Å². The summed E-state index contributed by atoms with van der Waals surface area (Å²) in [4.78, 5) is 32.9. The van der Waals surface area contributed by atoms with Crippen LogP contribution in [0.25, 0.3) is 22.4 Å². The van der Waals surface area contributed by atoms with Crippen molar-refractivity contribution in [2.75, 3.05) is 13.7 Å². The molecule has 1 saturated carbocycles. The van der Waals surface area contributed by atoms with Crippen LogP contribution in [0.1, 0.15) is 47.7 Å². The molecule has 1 atom stereocenters. The number of amides is 3. The lowest BCUT2D eigenvalue weighted by atomic mass is 9.86. The third-order valence-corrected chi connectivity index (χ3v) is 6.13. The Labute approximate surface area is 215 Å². The summed E-state index contributed by atoms with van der Waals surface area (Å²) in [6.07, 6.45) is -2.21. The van der Waals surface area contributed by atoms with Crippen LogP contribution in [-0.4, -0.2) is 47.6 Å². The van der Waals surface area contributed by atoms with Crippen LogP contribution in [0, 0.1) is 0 Å². The van der Waals surface area contributed by atoms with Crippen LogP contribution < -0.4 is 26.4 Å². The summed E-state index contributed by atoms with van der Waals surface area (Å²) in [5, 5.41) is 8.59. The third-order valence-electron chi connectivity index (χ3n) is 6.13. The highest BCUT2D eigenvalue weighted by atomic mass is 19.4. The van der Waals surface area contributed by atoms with Crippen LogP contribution in [0.15, 0.2) is 41.3 Å². The number of carbonyl (C=O) groups excluding carboxylic acids is 2. The number of hydrogen-bond donors (Lipinski definition) is 4. The zero-order valence-corrected chi connectivity index (χ0v) is 20.7. The molecule has 2 heterocycles. The number of alkyl halides is 3. The number of urea groups is 1. The number of nitrogens with one attached hydrogen (secondary N) is 3. The van der Waals surface area contributed by atoms with Crippen molar-refractivity contribution in [3.05, 3.63) is 54.1 Å². The molecule has 38 heavy (non-hydrogen) atoms. The van der Waals surface area contributed by atoms with Gasteiger partial charge in [0.1, 0.15) is 17.0 Å². The largest absolute Gasteiger partial charge is 0.494 e. The Kier molecular flexibility index (Phi) is 7.58. The molecule has 10 nitrogen and oxygen atoms in total. The number of benzene rings is 1. The number of pyridine rings is 1.